The lowest BCUT2D eigenvalue weighted by Crippen LogP contribution is -2.46. The van der Waals surface area contributed by atoms with Gasteiger partial charge in [0, 0.05) is 54.9 Å². The number of hydrogen-bond donors (Lipinski definition) is 1. The molecule has 0 spiro atoms. The highest BCUT2D eigenvalue weighted by Crippen LogP contribution is 2.35. The van der Waals surface area contributed by atoms with Crippen LogP contribution in [0.3, 0.4) is 0 Å². The summed E-state index contributed by atoms with van der Waals surface area (Å²) in [5.74, 6) is -0.471. The third-order valence-electron chi connectivity index (χ3n) is 5.88. The van der Waals surface area contributed by atoms with Gasteiger partial charge in [0.1, 0.15) is 5.82 Å². The number of carbonyl (C=O) groups is 2. The molecule has 1 aromatic heterocycles. The van der Waals surface area contributed by atoms with Crippen molar-refractivity contribution in [3.8, 4) is 0 Å². The van der Waals surface area contributed by atoms with Gasteiger partial charge in [-0.1, -0.05) is 19.9 Å². The first-order valence-electron chi connectivity index (χ1n) is 11.0. The third kappa shape index (κ3) is 5.66. The van der Waals surface area contributed by atoms with Gasteiger partial charge >= 0.3 is 0 Å². The van der Waals surface area contributed by atoms with Crippen LogP contribution in [0.5, 0.6) is 0 Å². The smallest absolute Gasteiger partial charge is 0.264 e. The first kappa shape index (κ1) is 24.6. The van der Waals surface area contributed by atoms with Crippen molar-refractivity contribution in [1.29, 1.82) is 0 Å². The highest BCUT2D eigenvalue weighted by Gasteiger charge is 2.31. The number of amides is 2. The topological polar surface area (TPSA) is 61.9 Å². The Labute approximate surface area is 193 Å². The average molecular weight is 464 g/mol. The van der Waals surface area contributed by atoms with Gasteiger partial charge in [-0.15, -0.1) is 11.3 Å². The summed E-state index contributed by atoms with van der Waals surface area (Å²) >= 11 is 1.31. The van der Waals surface area contributed by atoms with E-state index in [0.717, 1.165) is 11.2 Å². The number of piperidine rings is 1. The van der Waals surface area contributed by atoms with Crippen LogP contribution < -0.4 is 5.32 Å². The number of fused-ring (bicyclic) bond motifs is 1. The van der Waals surface area contributed by atoms with Gasteiger partial charge in [0.05, 0.1) is 11.5 Å². The van der Waals surface area contributed by atoms with Crippen molar-refractivity contribution in [2.75, 3.05) is 47.4 Å². The molecule has 2 amide bonds. The van der Waals surface area contributed by atoms with Gasteiger partial charge in [0.15, 0.2) is 0 Å². The van der Waals surface area contributed by atoms with Crippen LogP contribution in [0.4, 0.5) is 4.39 Å². The molecule has 0 saturated carbocycles. The molecule has 1 aromatic carbocycles. The number of rotatable bonds is 8. The fourth-order valence-corrected chi connectivity index (χ4v) is 5.68. The summed E-state index contributed by atoms with van der Waals surface area (Å²) in [7, 11) is 5.60. The van der Waals surface area contributed by atoms with Gasteiger partial charge in [-0.3, -0.25) is 9.59 Å². The number of methoxy groups -OCH3 is 1. The van der Waals surface area contributed by atoms with Crippen molar-refractivity contribution in [3.63, 3.8) is 0 Å². The summed E-state index contributed by atoms with van der Waals surface area (Å²) < 4.78 is 20.4. The Kier molecular flexibility index (Phi) is 7.90. The van der Waals surface area contributed by atoms with Crippen molar-refractivity contribution in [1.82, 2.24) is 15.1 Å². The normalized spacial score (nSPS) is 15.5. The molecular weight excluding hydrogens is 429 g/mol. The summed E-state index contributed by atoms with van der Waals surface area (Å²) in [6.45, 7) is 7.00. The Morgan fingerprint density at radius 2 is 1.97 bits per heavy atom. The zero-order chi connectivity index (χ0) is 23.5. The number of nitrogens with zero attached hydrogens (tertiary/aromatic N) is 2. The second-order valence-corrected chi connectivity index (χ2v) is 10.7. The van der Waals surface area contributed by atoms with Crippen molar-refractivity contribution >= 4 is 33.2 Å². The summed E-state index contributed by atoms with van der Waals surface area (Å²) in [5.41, 5.74) is 0.600. The lowest BCUT2D eigenvalue weighted by Gasteiger charge is -2.33. The van der Waals surface area contributed by atoms with E-state index < -0.39 is 0 Å². The quantitative estimate of drug-likeness (QED) is 0.648. The molecule has 32 heavy (non-hydrogen) atoms. The summed E-state index contributed by atoms with van der Waals surface area (Å²) in [6, 6.07) is 4.89. The van der Waals surface area contributed by atoms with Crippen molar-refractivity contribution < 1.29 is 18.7 Å². The fourth-order valence-electron chi connectivity index (χ4n) is 4.49. The zero-order valence-corrected chi connectivity index (χ0v) is 20.5. The zero-order valence-electron chi connectivity index (χ0n) is 19.7. The minimum absolute atomic E-state index is 0.00989. The molecule has 1 saturated heterocycles. The molecule has 1 aliphatic rings. The van der Waals surface area contributed by atoms with E-state index in [1.807, 2.05) is 20.2 Å². The van der Waals surface area contributed by atoms with Crippen LogP contribution in [0, 0.1) is 17.2 Å². The lowest BCUT2D eigenvalue weighted by molar-refractivity contribution is -0.126. The first-order chi connectivity index (χ1) is 15.1. The van der Waals surface area contributed by atoms with E-state index in [1.54, 1.807) is 18.1 Å². The van der Waals surface area contributed by atoms with E-state index in [-0.39, 0.29) is 35.6 Å². The molecule has 8 heteroatoms. The molecule has 0 radical (unpaired) electrons. The van der Waals surface area contributed by atoms with E-state index in [2.05, 4.69) is 24.1 Å². The van der Waals surface area contributed by atoms with Gasteiger partial charge in [-0.2, -0.15) is 0 Å². The SMILES string of the molecule is COCc1c(C(=O)N2CCC(C(=O)NCC(C)(C)CN(C)C)CC2)sc2cccc(F)c12. The maximum atomic E-state index is 14.4. The van der Waals surface area contributed by atoms with E-state index in [9.17, 15) is 14.0 Å². The Morgan fingerprint density at radius 3 is 2.59 bits per heavy atom. The number of benzene rings is 1. The van der Waals surface area contributed by atoms with Gasteiger partial charge < -0.3 is 19.9 Å². The van der Waals surface area contributed by atoms with Crippen molar-refractivity contribution in [3.05, 3.63) is 34.5 Å². The van der Waals surface area contributed by atoms with Crippen molar-refractivity contribution in [2.45, 2.75) is 33.3 Å². The summed E-state index contributed by atoms with van der Waals surface area (Å²) in [5, 5.41) is 3.57. The van der Waals surface area contributed by atoms with Crippen LogP contribution in [0.2, 0.25) is 0 Å². The summed E-state index contributed by atoms with van der Waals surface area (Å²) in [4.78, 5) is 30.4. The first-order valence-corrected chi connectivity index (χ1v) is 11.8. The number of nitrogens with one attached hydrogen (secondary N) is 1. The molecule has 0 aliphatic carbocycles. The average Bonchev–Trinajstić information content (AvgIpc) is 3.11. The molecule has 1 fully saturated rings. The fraction of sp³-hybridized carbons (Fsp3) is 0.583. The standard InChI is InChI=1S/C24H34FN3O3S/c1-24(2,15-27(3)4)14-26-22(29)16-9-11-28(12-10-16)23(30)21-17(13-31-5)20-18(25)7-6-8-19(20)32-21/h6-8,16H,9-15H2,1-5H3,(H,26,29). The molecule has 3 rings (SSSR count). The third-order valence-corrected chi connectivity index (χ3v) is 7.07. The minimum atomic E-state index is -0.336. The van der Waals surface area contributed by atoms with Crippen LogP contribution in [-0.4, -0.2) is 69.0 Å². The summed E-state index contributed by atoms with van der Waals surface area (Å²) in [6.07, 6.45) is 1.26. The van der Waals surface area contributed by atoms with Gasteiger partial charge in [0.2, 0.25) is 5.91 Å². The van der Waals surface area contributed by atoms with Crippen LogP contribution in [0.25, 0.3) is 10.1 Å². The molecular formula is C24H34FN3O3S. The van der Waals surface area contributed by atoms with Gasteiger partial charge in [-0.25, -0.2) is 4.39 Å². The number of thiophene rings is 1. The Morgan fingerprint density at radius 1 is 1.28 bits per heavy atom. The monoisotopic (exact) mass is 463 g/mol. The van der Waals surface area contributed by atoms with E-state index in [0.29, 0.717) is 48.3 Å². The Balaban J connectivity index is 1.63. The Bertz CT molecular complexity index is 965. The Hall–Kier alpha value is -2.03. The maximum absolute atomic E-state index is 14.4. The maximum Gasteiger partial charge on any atom is 0.264 e. The molecule has 1 aliphatic heterocycles. The number of likely N-dealkylation sites (tertiary alicyclic amines) is 1. The second-order valence-electron chi connectivity index (χ2n) is 9.64. The van der Waals surface area contributed by atoms with Gasteiger partial charge in [-0.05, 0) is 44.5 Å². The predicted octanol–water partition coefficient (Wildman–Crippen LogP) is 3.74. The number of carbonyl (C=O) groups excluding carboxylic acids is 2. The van der Waals surface area contributed by atoms with Crippen LogP contribution >= 0.6 is 11.3 Å². The molecule has 0 unspecified atom stereocenters. The van der Waals surface area contributed by atoms with E-state index in [4.69, 9.17) is 4.74 Å². The van der Waals surface area contributed by atoms with Gasteiger partial charge in [0.25, 0.3) is 5.91 Å². The van der Waals surface area contributed by atoms with Crippen LogP contribution in [-0.2, 0) is 16.1 Å². The molecule has 0 bridgehead atoms. The molecule has 1 N–H and O–H groups in total. The highest BCUT2D eigenvalue weighted by atomic mass is 32.1. The minimum Gasteiger partial charge on any atom is -0.380 e. The molecule has 2 aromatic rings. The molecule has 2 heterocycles. The molecule has 0 atom stereocenters. The van der Waals surface area contributed by atoms with Crippen LogP contribution in [0.1, 0.15) is 41.9 Å². The van der Waals surface area contributed by atoms with E-state index in [1.165, 1.54) is 17.4 Å². The highest BCUT2D eigenvalue weighted by molar-refractivity contribution is 7.21. The van der Waals surface area contributed by atoms with Crippen LogP contribution in [0.15, 0.2) is 18.2 Å². The van der Waals surface area contributed by atoms with Crippen molar-refractivity contribution in [2.24, 2.45) is 11.3 Å². The number of ether oxygens (including phenoxy) is 1. The largest absolute Gasteiger partial charge is 0.380 e. The number of halogens is 1. The lowest BCUT2D eigenvalue weighted by atomic mass is 9.91. The second kappa shape index (κ2) is 10.3. The molecule has 176 valence electrons. The number of hydrogen-bond acceptors (Lipinski definition) is 5. The predicted molar refractivity (Wildman–Crippen MR) is 126 cm³/mol. The molecule has 6 nitrogen and oxygen atoms in total. The van der Waals surface area contributed by atoms with E-state index >= 15 is 0 Å².